The van der Waals surface area contributed by atoms with Gasteiger partial charge < -0.3 is 0 Å². The molecule has 0 radical (unpaired) electrons. The molecule has 0 aromatic rings. The zero-order valence-corrected chi connectivity index (χ0v) is 9.73. The van der Waals surface area contributed by atoms with Crippen LogP contribution in [0.4, 0.5) is 0 Å². The molecule has 0 saturated heterocycles. The van der Waals surface area contributed by atoms with E-state index in [1.54, 1.807) is 19.3 Å². The maximum Gasteiger partial charge on any atom is -0.0202 e. The Morgan fingerprint density at radius 1 is 0.933 bits per heavy atom. The molecule has 4 aliphatic carbocycles. The first-order chi connectivity index (χ1) is 7.29. The van der Waals surface area contributed by atoms with E-state index in [-0.39, 0.29) is 0 Å². The third-order valence-corrected chi connectivity index (χ3v) is 6.50. The minimum atomic E-state index is 0.894. The van der Waals surface area contributed by atoms with Gasteiger partial charge >= 0.3 is 0 Å². The van der Waals surface area contributed by atoms with E-state index >= 15 is 0 Å². The second-order valence-electron chi connectivity index (χ2n) is 6.82. The first kappa shape index (κ1) is 8.84. The Morgan fingerprint density at radius 2 is 1.60 bits per heavy atom. The average molecular weight is 202 g/mol. The zero-order chi connectivity index (χ0) is 10.2. The molecule has 0 aliphatic heterocycles. The Labute approximate surface area is 93.1 Å². The number of hydrogen-bond donors (Lipinski definition) is 0. The zero-order valence-electron chi connectivity index (χ0n) is 9.73. The Kier molecular flexibility index (Phi) is 1.59. The van der Waals surface area contributed by atoms with Crippen LogP contribution < -0.4 is 0 Å². The van der Waals surface area contributed by atoms with Gasteiger partial charge in [-0.1, -0.05) is 13.0 Å². The molecular weight excluding hydrogens is 180 g/mol. The highest BCUT2D eigenvalue weighted by Crippen LogP contribution is 2.70. The molecule has 8 unspecified atom stereocenters. The van der Waals surface area contributed by atoms with Gasteiger partial charge in [-0.05, 0) is 73.0 Å². The first-order valence-electron chi connectivity index (χ1n) is 6.92. The van der Waals surface area contributed by atoms with E-state index in [4.69, 9.17) is 0 Å². The van der Waals surface area contributed by atoms with E-state index in [0.29, 0.717) is 0 Å². The van der Waals surface area contributed by atoms with Gasteiger partial charge in [0.15, 0.2) is 0 Å². The van der Waals surface area contributed by atoms with Crippen LogP contribution in [0.5, 0.6) is 0 Å². The van der Waals surface area contributed by atoms with Gasteiger partial charge in [0.05, 0.1) is 0 Å². The van der Waals surface area contributed by atoms with Crippen molar-refractivity contribution < 1.29 is 0 Å². The van der Waals surface area contributed by atoms with Crippen molar-refractivity contribution in [2.24, 2.45) is 47.3 Å². The molecule has 0 spiro atoms. The fourth-order valence-electron chi connectivity index (χ4n) is 6.25. The lowest BCUT2D eigenvalue weighted by molar-refractivity contribution is 0.0931. The molecule has 8 atom stereocenters. The van der Waals surface area contributed by atoms with Gasteiger partial charge in [-0.15, -0.1) is 6.58 Å². The molecule has 4 fully saturated rings. The lowest BCUT2D eigenvalue weighted by Gasteiger charge is -2.40. The van der Waals surface area contributed by atoms with Gasteiger partial charge in [-0.2, -0.15) is 0 Å². The van der Waals surface area contributed by atoms with Crippen molar-refractivity contribution in [3.8, 4) is 0 Å². The number of rotatable bonds is 1. The van der Waals surface area contributed by atoms with Gasteiger partial charge in [-0.3, -0.25) is 0 Å². The summed E-state index contributed by atoms with van der Waals surface area (Å²) in [5, 5.41) is 0. The predicted molar refractivity (Wildman–Crippen MR) is 62.3 cm³/mol. The summed E-state index contributed by atoms with van der Waals surface area (Å²) in [7, 11) is 0. The third kappa shape index (κ3) is 0.905. The van der Waals surface area contributed by atoms with Crippen molar-refractivity contribution in [3.05, 3.63) is 12.7 Å². The van der Waals surface area contributed by atoms with Crippen molar-refractivity contribution in [2.45, 2.75) is 32.6 Å². The number of allylic oxidation sites excluding steroid dienone is 1. The van der Waals surface area contributed by atoms with E-state index in [1.807, 2.05) is 0 Å². The van der Waals surface area contributed by atoms with Crippen LogP contribution in [-0.2, 0) is 0 Å². The molecule has 4 bridgehead atoms. The Balaban J connectivity index is 1.69. The topological polar surface area (TPSA) is 0 Å². The molecule has 0 heteroatoms. The van der Waals surface area contributed by atoms with Gasteiger partial charge in [0.2, 0.25) is 0 Å². The molecule has 0 aromatic heterocycles. The van der Waals surface area contributed by atoms with Crippen LogP contribution in [0.15, 0.2) is 12.7 Å². The lowest BCUT2D eigenvalue weighted by atomic mass is 9.65. The minimum absolute atomic E-state index is 0.894. The summed E-state index contributed by atoms with van der Waals surface area (Å²) in [6, 6.07) is 0. The SMILES string of the molecule is C=CC1CC2CC1C1C3CC(C)C(C3)C21. The summed E-state index contributed by atoms with van der Waals surface area (Å²) in [6.45, 7) is 6.56. The van der Waals surface area contributed by atoms with E-state index in [0.717, 1.165) is 47.3 Å². The van der Waals surface area contributed by atoms with Crippen LogP contribution in [0.25, 0.3) is 0 Å². The number of fused-ring (bicyclic) bond motifs is 9. The molecule has 0 heterocycles. The summed E-state index contributed by atoms with van der Waals surface area (Å²) in [5.41, 5.74) is 0. The Hall–Kier alpha value is -0.260. The maximum atomic E-state index is 4.05. The van der Waals surface area contributed by atoms with Crippen molar-refractivity contribution in [2.75, 3.05) is 0 Å². The fourth-order valence-corrected chi connectivity index (χ4v) is 6.25. The van der Waals surface area contributed by atoms with Crippen LogP contribution in [0.1, 0.15) is 32.6 Å². The van der Waals surface area contributed by atoms with Gasteiger partial charge in [-0.25, -0.2) is 0 Å². The highest BCUT2D eigenvalue weighted by Gasteiger charge is 2.63. The lowest BCUT2D eigenvalue weighted by Crippen LogP contribution is -2.34. The molecule has 0 N–H and O–H groups in total. The largest absolute Gasteiger partial charge is 0.103 e. The average Bonchev–Trinajstić information content (AvgIpc) is 2.91. The second kappa shape index (κ2) is 2.70. The summed E-state index contributed by atoms with van der Waals surface area (Å²) < 4.78 is 0. The molecule has 4 rings (SSSR count). The van der Waals surface area contributed by atoms with Crippen LogP contribution in [0.3, 0.4) is 0 Å². The summed E-state index contributed by atoms with van der Waals surface area (Å²) >= 11 is 0. The fraction of sp³-hybridized carbons (Fsp3) is 0.867. The Bertz CT molecular complexity index is 305. The quantitative estimate of drug-likeness (QED) is 0.449. The highest BCUT2D eigenvalue weighted by molar-refractivity contribution is 5.14. The third-order valence-electron chi connectivity index (χ3n) is 6.50. The smallest absolute Gasteiger partial charge is 0.0202 e. The molecule has 0 amide bonds. The predicted octanol–water partition coefficient (Wildman–Crippen LogP) is 3.74. The van der Waals surface area contributed by atoms with Crippen molar-refractivity contribution >= 4 is 0 Å². The van der Waals surface area contributed by atoms with Crippen LogP contribution >= 0.6 is 0 Å². The van der Waals surface area contributed by atoms with E-state index in [1.165, 1.54) is 6.42 Å². The highest BCUT2D eigenvalue weighted by atomic mass is 14.7. The molecule has 4 saturated carbocycles. The van der Waals surface area contributed by atoms with Crippen LogP contribution in [-0.4, -0.2) is 0 Å². The van der Waals surface area contributed by atoms with Gasteiger partial charge in [0, 0.05) is 0 Å². The van der Waals surface area contributed by atoms with Gasteiger partial charge in [0.25, 0.3) is 0 Å². The molecule has 82 valence electrons. The molecule has 0 aromatic carbocycles. The van der Waals surface area contributed by atoms with Crippen LogP contribution in [0.2, 0.25) is 0 Å². The second-order valence-corrected chi connectivity index (χ2v) is 6.82. The molecule has 4 aliphatic rings. The van der Waals surface area contributed by atoms with Crippen molar-refractivity contribution in [3.63, 3.8) is 0 Å². The Morgan fingerprint density at radius 3 is 2.40 bits per heavy atom. The van der Waals surface area contributed by atoms with E-state index in [9.17, 15) is 0 Å². The molecular formula is C15H22. The minimum Gasteiger partial charge on any atom is -0.103 e. The maximum absolute atomic E-state index is 4.05. The first-order valence-corrected chi connectivity index (χ1v) is 6.92. The monoisotopic (exact) mass is 202 g/mol. The molecule has 15 heavy (non-hydrogen) atoms. The normalized spacial score (nSPS) is 64.9. The van der Waals surface area contributed by atoms with Crippen molar-refractivity contribution in [1.82, 2.24) is 0 Å². The summed E-state index contributed by atoms with van der Waals surface area (Å²) in [4.78, 5) is 0. The molecule has 0 nitrogen and oxygen atoms in total. The van der Waals surface area contributed by atoms with Gasteiger partial charge in [0.1, 0.15) is 0 Å². The number of hydrogen-bond acceptors (Lipinski definition) is 0. The van der Waals surface area contributed by atoms with E-state index < -0.39 is 0 Å². The standard InChI is InChI=1S/C15H22/c1-3-9-5-11-7-13(9)15-10-4-8(2)12(6-10)14(11)15/h3,8-15H,1,4-7H2,2H3. The van der Waals surface area contributed by atoms with E-state index in [2.05, 4.69) is 19.6 Å². The summed E-state index contributed by atoms with van der Waals surface area (Å²) in [6.07, 6.45) is 8.47. The summed E-state index contributed by atoms with van der Waals surface area (Å²) in [5.74, 6) is 8.63. The van der Waals surface area contributed by atoms with Crippen molar-refractivity contribution in [1.29, 1.82) is 0 Å². The van der Waals surface area contributed by atoms with Crippen LogP contribution in [0, 0.1) is 47.3 Å².